The average Bonchev–Trinajstić information content (AvgIpc) is 3.22. The summed E-state index contributed by atoms with van der Waals surface area (Å²) in [4.78, 5) is 10.7. The molecule has 1 atom stereocenters. The molecular formula is C18H14F2O2. The number of allylic oxidation sites excluding steroid dienone is 1. The summed E-state index contributed by atoms with van der Waals surface area (Å²) >= 11 is 0. The maximum atomic E-state index is 13.2. The molecule has 1 N–H and O–H groups in total. The molecule has 0 aromatic heterocycles. The van der Waals surface area contributed by atoms with Crippen LogP contribution in [0.3, 0.4) is 0 Å². The molecule has 112 valence electrons. The zero-order valence-electron chi connectivity index (χ0n) is 11.7. The smallest absolute Gasteiger partial charge is 0.327 e. The summed E-state index contributed by atoms with van der Waals surface area (Å²) in [5.41, 5.74) is 1.40. The lowest BCUT2D eigenvalue weighted by molar-refractivity contribution is -0.131. The summed E-state index contributed by atoms with van der Waals surface area (Å²) in [5.74, 6) is -1.65. The molecule has 3 rings (SSSR count). The molecule has 2 aromatic rings. The summed E-state index contributed by atoms with van der Waals surface area (Å²) < 4.78 is 26.3. The molecule has 2 nitrogen and oxygen atoms in total. The highest BCUT2D eigenvalue weighted by Gasteiger charge is 2.55. The third kappa shape index (κ3) is 2.52. The highest BCUT2D eigenvalue weighted by Crippen LogP contribution is 2.59. The van der Waals surface area contributed by atoms with Crippen LogP contribution in [0.2, 0.25) is 0 Å². The number of benzene rings is 2. The van der Waals surface area contributed by atoms with Gasteiger partial charge >= 0.3 is 5.97 Å². The summed E-state index contributed by atoms with van der Waals surface area (Å²) in [6.45, 7) is 0. The van der Waals surface area contributed by atoms with Crippen LogP contribution in [-0.4, -0.2) is 11.1 Å². The molecule has 1 fully saturated rings. The second-order valence-electron chi connectivity index (χ2n) is 5.49. The number of carbonyl (C=O) groups is 1. The van der Waals surface area contributed by atoms with Gasteiger partial charge in [-0.25, -0.2) is 13.6 Å². The fourth-order valence-electron chi connectivity index (χ4n) is 3.04. The van der Waals surface area contributed by atoms with Crippen molar-refractivity contribution in [1.29, 1.82) is 0 Å². The first-order valence-electron chi connectivity index (χ1n) is 6.95. The van der Waals surface area contributed by atoms with Gasteiger partial charge in [-0.1, -0.05) is 30.3 Å². The van der Waals surface area contributed by atoms with E-state index in [4.69, 9.17) is 5.11 Å². The highest BCUT2D eigenvalue weighted by atomic mass is 19.1. The Bertz CT molecular complexity index is 672. The van der Waals surface area contributed by atoms with Gasteiger partial charge in [0.25, 0.3) is 0 Å². The second-order valence-corrected chi connectivity index (χ2v) is 5.49. The van der Waals surface area contributed by atoms with Crippen molar-refractivity contribution in [2.24, 2.45) is 5.92 Å². The summed E-state index contributed by atoms with van der Waals surface area (Å²) in [5, 5.41) is 8.79. The lowest BCUT2D eigenvalue weighted by Crippen LogP contribution is -2.12. The summed E-state index contributed by atoms with van der Waals surface area (Å²) in [7, 11) is 0. The van der Waals surface area contributed by atoms with Crippen molar-refractivity contribution >= 4 is 5.97 Å². The number of aliphatic carboxylic acids is 1. The molecule has 0 heterocycles. The zero-order valence-corrected chi connectivity index (χ0v) is 11.7. The second kappa shape index (κ2) is 5.37. The van der Waals surface area contributed by atoms with Gasteiger partial charge in [0.15, 0.2) is 0 Å². The lowest BCUT2D eigenvalue weighted by Gasteiger charge is -2.18. The lowest BCUT2D eigenvalue weighted by atomic mass is 9.85. The van der Waals surface area contributed by atoms with Crippen molar-refractivity contribution in [3.63, 3.8) is 0 Å². The van der Waals surface area contributed by atoms with Crippen LogP contribution in [0.4, 0.5) is 8.78 Å². The molecule has 22 heavy (non-hydrogen) atoms. The van der Waals surface area contributed by atoms with E-state index in [9.17, 15) is 13.6 Å². The standard InChI is InChI=1S/C18H14F2O2/c19-15-6-1-12(2-7-15)18(11-14(18)5-10-17(21)22)13-3-8-16(20)9-4-13/h1-10,14H,11H2,(H,21,22)/b10-5+/t14-/m1/s1. The molecule has 0 aliphatic heterocycles. The van der Waals surface area contributed by atoms with Gasteiger partial charge in [-0.2, -0.15) is 0 Å². The molecule has 1 saturated carbocycles. The Kier molecular flexibility index (Phi) is 3.53. The van der Waals surface area contributed by atoms with E-state index in [2.05, 4.69) is 0 Å². The fourth-order valence-corrected chi connectivity index (χ4v) is 3.04. The maximum absolute atomic E-state index is 13.2. The Balaban J connectivity index is 2.02. The predicted octanol–water partition coefficient (Wildman–Crippen LogP) is 3.91. The predicted molar refractivity (Wildman–Crippen MR) is 78.5 cm³/mol. The molecular weight excluding hydrogens is 286 g/mol. The van der Waals surface area contributed by atoms with Crippen molar-refractivity contribution < 1.29 is 18.7 Å². The number of hydrogen-bond acceptors (Lipinski definition) is 1. The Labute approximate surface area is 126 Å². The van der Waals surface area contributed by atoms with Crippen molar-refractivity contribution in [3.8, 4) is 0 Å². The van der Waals surface area contributed by atoms with Gasteiger partial charge in [0.2, 0.25) is 0 Å². The van der Waals surface area contributed by atoms with E-state index >= 15 is 0 Å². The van der Waals surface area contributed by atoms with Crippen molar-refractivity contribution in [2.45, 2.75) is 11.8 Å². The number of hydrogen-bond donors (Lipinski definition) is 1. The topological polar surface area (TPSA) is 37.3 Å². The van der Waals surface area contributed by atoms with E-state index < -0.39 is 11.4 Å². The van der Waals surface area contributed by atoms with Crippen molar-refractivity contribution in [3.05, 3.63) is 83.4 Å². The van der Waals surface area contributed by atoms with Gasteiger partial charge in [0.05, 0.1) is 0 Å². The molecule has 1 aliphatic carbocycles. The molecule has 0 spiro atoms. The van der Waals surface area contributed by atoms with Crippen LogP contribution in [-0.2, 0) is 10.2 Å². The number of rotatable bonds is 4. The average molecular weight is 300 g/mol. The third-order valence-corrected chi connectivity index (χ3v) is 4.20. The van der Waals surface area contributed by atoms with E-state index in [-0.39, 0.29) is 17.6 Å². The van der Waals surface area contributed by atoms with Crippen LogP contribution in [0.15, 0.2) is 60.7 Å². The normalized spacial score (nSPS) is 19.3. The fraction of sp³-hybridized carbons (Fsp3) is 0.167. The van der Waals surface area contributed by atoms with E-state index in [0.717, 1.165) is 17.2 Å². The Morgan fingerprint density at radius 2 is 1.45 bits per heavy atom. The number of carboxylic acids is 1. The largest absolute Gasteiger partial charge is 0.478 e. The molecule has 1 aliphatic rings. The van der Waals surface area contributed by atoms with Crippen LogP contribution < -0.4 is 0 Å². The summed E-state index contributed by atoms with van der Waals surface area (Å²) in [6.07, 6.45) is 3.49. The van der Waals surface area contributed by atoms with E-state index in [0.29, 0.717) is 6.42 Å². The number of carboxylic acid groups (broad SMARTS) is 1. The van der Waals surface area contributed by atoms with E-state index in [1.165, 1.54) is 24.3 Å². The van der Waals surface area contributed by atoms with Gasteiger partial charge in [-0.15, -0.1) is 0 Å². The molecule has 0 saturated heterocycles. The minimum atomic E-state index is -1.00. The highest BCUT2D eigenvalue weighted by molar-refractivity contribution is 5.80. The minimum Gasteiger partial charge on any atom is -0.478 e. The quantitative estimate of drug-likeness (QED) is 0.869. The van der Waals surface area contributed by atoms with Crippen LogP contribution in [0.1, 0.15) is 17.5 Å². The Morgan fingerprint density at radius 3 is 1.86 bits per heavy atom. The first kappa shape index (κ1) is 14.4. The molecule has 0 unspecified atom stereocenters. The molecule has 4 heteroatoms. The summed E-state index contributed by atoms with van der Waals surface area (Å²) in [6, 6.07) is 12.3. The Morgan fingerprint density at radius 1 is 1.00 bits per heavy atom. The van der Waals surface area contributed by atoms with Crippen LogP contribution in [0, 0.1) is 17.6 Å². The molecule has 0 bridgehead atoms. The first-order valence-corrected chi connectivity index (χ1v) is 6.95. The first-order chi connectivity index (χ1) is 10.5. The van der Waals surface area contributed by atoms with Crippen LogP contribution >= 0.6 is 0 Å². The zero-order chi connectivity index (χ0) is 15.7. The van der Waals surface area contributed by atoms with Gasteiger partial charge in [-0.3, -0.25) is 0 Å². The van der Waals surface area contributed by atoms with E-state index in [1.807, 2.05) is 0 Å². The SMILES string of the molecule is O=C(O)/C=C/[C@@H]1CC1(c1ccc(F)cc1)c1ccc(F)cc1. The Hall–Kier alpha value is -2.49. The third-order valence-electron chi connectivity index (χ3n) is 4.20. The molecule has 2 aromatic carbocycles. The van der Waals surface area contributed by atoms with Gasteiger partial charge in [0, 0.05) is 11.5 Å². The van der Waals surface area contributed by atoms with Gasteiger partial charge < -0.3 is 5.11 Å². The van der Waals surface area contributed by atoms with Gasteiger partial charge in [-0.05, 0) is 47.7 Å². The van der Waals surface area contributed by atoms with Crippen molar-refractivity contribution in [1.82, 2.24) is 0 Å². The van der Waals surface area contributed by atoms with Crippen LogP contribution in [0.25, 0.3) is 0 Å². The van der Waals surface area contributed by atoms with Crippen molar-refractivity contribution in [2.75, 3.05) is 0 Å². The molecule has 0 amide bonds. The maximum Gasteiger partial charge on any atom is 0.327 e. The minimum absolute atomic E-state index is 0.000442. The van der Waals surface area contributed by atoms with E-state index in [1.54, 1.807) is 30.3 Å². The van der Waals surface area contributed by atoms with Crippen LogP contribution in [0.5, 0.6) is 0 Å². The number of halogens is 2. The monoisotopic (exact) mass is 300 g/mol. The molecule has 0 radical (unpaired) electrons. The van der Waals surface area contributed by atoms with Gasteiger partial charge in [0.1, 0.15) is 11.6 Å².